The van der Waals surface area contributed by atoms with Gasteiger partial charge in [-0.25, -0.2) is 0 Å². The average molecular weight is 242 g/mol. The summed E-state index contributed by atoms with van der Waals surface area (Å²) in [7, 11) is 0. The molecule has 18 heavy (non-hydrogen) atoms. The van der Waals surface area contributed by atoms with Gasteiger partial charge in [-0.2, -0.15) is 0 Å². The largest absolute Gasteiger partial charge is 0.461 e. The van der Waals surface area contributed by atoms with Crippen LogP contribution in [-0.2, 0) is 0 Å². The molecule has 0 aliphatic carbocycles. The number of benzene rings is 1. The van der Waals surface area contributed by atoms with Crippen LogP contribution in [0.1, 0.15) is 51.1 Å². The van der Waals surface area contributed by atoms with E-state index in [-0.39, 0.29) is 0 Å². The van der Waals surface area contributed by atoms with Gasteiger partial charge in [0.25, 0.3) is 0 Å². The molecule has 0 fully saturated rings. The van der Waals surface area contributed by atoms with Crippen LogP contribution in [0.2, 0.25) is 0 Å². The maximum Gasteiger partial charge on any atom is 0.135 e. The minimum Gasteiger partial charge on any atom is -0.461 e. The molecule has 2 aromatic heterocycles. The van der Waals surface area contributed by atoms with E-state index < -0.39 is 0 Å². The molecular weight excluding hydrogens is 224 g/mol. The van der Waals surface area contributed by atoms with E-state index in [1.165, 1.54) is 0 Å². The molecule has 2 heteroatoms. The molecule has 2 nitrogen and oxygen atoms in total. The fourth-order valence-electron chi connectivity index (χ4n) is 2.18. The summed E-state index contributed by atoms with van der Waals surface area (Å²) >= 11 is 0. The van der Waals surface area contributed by atoms with Crippen LogP contribution in [0, 0.1) is 0 Å². The Bertz CT molecular complexity index is 590. The molecule has 0 amide bonds. The van der Waals surface area contributed by atoms with Crippen molar-refractivity contribution >= 4 is 21.9 Å². The molecule has 0 spiro atoms. The van der Waals surface area contributed by atoms with Crippen molar-refractivity contribution in [1.29, 1.82) is 0 Å². The van der Waals surface area contributed by atoms with Gasteiger partial charge in [-0.15, -0.1) is 0 Å². The zero-order valence-electron chi connectivity index (χ0n) is 11.3. The third-order valence-electron chi connectivity index (χ3n) is 3.33. The van der Waals surface area contributed by atoms with Gasteiger partial charge in [-0.05, 0) is 24.3 Å². The molecule has 2 heterocycles. The third kappa shape index (κ3) is 1.72. The molecule has 3 rings (SSSR count). The van der Waals surface area contributed by atoms with Crippen molar-refractivity contribution in [2.24, 2.45) is 0 Å². The molecular formula is C16H18O2. The van der Waals surface area contributed by atoms with Crippen LogP contribution in [0.5, 0.6) is 0 Å². The molecule has 0 aliphatic rings. The van der Waals surface area contributed by atoms with E-state index in [4.69, 9.17) is 8.83 Å². The second kappa shape index (κ2) is 3.91. The molecule has 0 radical (unpaired) electrons. The van der Waals surface area contributed by atoms with E-state index in [9.17, 15) is 0 Å². The SMILES string of the molecule is CC(C)c1cc2cc3oc(C(C)C)cc3cc2o1. The summed E-state index contributed by atoms with van der Waals surface area (Å²) in [4.78, 5) is 0. The lowest BCUT2D eigenvalue weighted by Crippen LogP contribution is -1.80. The Hall–Kier alpha value is -1.70. The van der Waals surface area contributed by atoms with Crippen molar-refractivity contribution in [3.63, 3.8) is 0 Å². The van der Waals surface area contributed by atoms with Gasteiger partial charge in [0, 0.05) is 22.6 Å². The number of hydrogen-bond acceptors (Lipinski definition) is 2. The first kappa shape index (κ1) is 11.4. The minimum absolute atomic E-state index is 0.412. The maximum atomic E-state index is 5.87. The Morgan fingerprint density at radius 3 is 1.39 bits per heavy atom. The van der Waals surface area contributed by atoms with E-state index in [0.717, 1.165) is 33.5 Å². The van der Waals surface area contributed by atoms with E-state index in [2.05, 4.69) is 52.0 Å². The predicted molar refractivity (Wildman–Crippen MR) is 74.2 cm³/mol. The van der Waals surface area contributed by atoms with Crippen LogP contribution in [0.3, 0.4) is 0 Å². The second-order valence-electron chi connectivity index (χ2n) is 5.53. The third-order valence-corrected chi connectivity index (χ3v) is 3.33. The van der Waals surface area contributed by atoms with Crippen molar-refractivity contribution in [2.75, 3.05) is 0 Å². The van der Waals surface area contributed by atoms with Crippen molar-refractivity contribution < 1.29 is 8.83 Å². The zero-order chi connectivity index (χ0) is 12.9. The molecule has 0 bridgehead atoms. The molecule has 3 aromatic rings. The molecule has 0 unspecified atom stereocenters. The first-order valence-electron chi connectivity index (χ1n) is 6.51. The highest BCUT2D eigenvalue weighted by Gasteiger charge is 2.12. The molecule has 94 valence electrons. The highest BCUT2D eigenvalue weighted by atomic mass is 16.3. The quantitative estimate of drug-likeness (QED) is 0.599. The topological polar surface area (TPSA) is 26.3 Å². The number of hydrogen-bond donors (Lipinski definition) is 0. The first-order chi connectivity index (χ1) is 8.54. The Labute approximate surface area is 107 Å². The molecule has 0 saturated carbocycles. The Kier molecular flexibility index (Phi) is 2.47. The zero-order valence-corrected chi connectivity index (χ0v) is 11.3. The van der Waals surface area contributed by atoms with Gasteiger partial charge in [-0.3, -0.25) is 0 Å². The summed E-state index contributed by atoms with van der Waals surface area (Å²) in [5.41, 5.74) is 1.89. The number of fused-ring (bicyclic) bond motifs is 2. The van der Waals surface area contributed by atoms with Crippen molar-refractivity contribution in [3.05, 3.63) is 35.8 Å². The van der Waals surface area contributed by atoms with E-state index in [0.29, 0.717) is 11.8 Å². The Balaban J connectivity index is 2.21. The summed E-state index contributed by atoms with van der Waals surface area (Å²) in [6, 6.07) is 8.37. The number of furan rings is 2. The Morgan fingerprint density at radius 1 is 0.667 bits per heavy atom. The van der Waals surface area contributed by atoms with Crippen LogP contribution in [0.15, 0.2) is 33.1 Å². The maximum absolute atomic E-state index is 5.87. The van der Waals surface area contributed by atoms with Gasteiger partial charge in [0.15, 0.2) is 0 Å². The fourth-order valence-corrected chi connectivity index (χ4v) is 2.18. The van der Waals surface area contributed by atoms with Crippen molar-refractivity contribution in [1.82, 2.24) is 0 Å². The molecule has 1 aromatic carbocycles. The van der Waals surface area contributed by atoms with Crippen LogP contribution >= 0.6 is 0 Å². The van der Waals surface area contributed by atoms with Crippen LogP contribution < -0.4 is 0 Å². The lowest BCUT2D eigenvalue weighted by atomic mass is 10.1. The monoisotopic (exact) mass is 242 g/mol. The normalized spacial score (nSPS) is 12.3. The van der Waals surface area contributed by atoms with Gasteiger partial charge in [0.05, 0.1) is 0 Å². The summed E-state index contributed by atoms with van der Waals surface area (Å²) in [5.74, 6) is 2.88. The van der Waals surface area contributed by atoms with Gasteiger partial charge in [0.2, 0.25) is 0 Å². The first-order valence-corrected chi connectivity index (χ1v) is 6.51. The fraction of sp³-hybridized carbons (Fsp3) is 0.375. The van der Waals surface area contributed by atoms with E-state index >= 15 is 0 Å². The van der Waals surface area contributed by atoms with Gasteiger partial charge >= 0.3 is 0 Å². The Morgan fingerprint density at radius 2 is 1.06 bits per heavy atom. The number of rotatable bonds is 2. The summed E-state index contributed by atoms with van der Waals surface area (Å²) in [5, 5.41) is 2.24. The van der Waals surface area contributed by atoms with Gasteiger partial charge in [0.1, 0.15) is 22.7 Å². The van der Waals surface area contributed by atoms with Crippen LogP contribution in [-0.4, -0.2) is 0 Å². The lowest BCUT2D eigenvalue weighted by molar-refractivity contribution is 0.520. The van der Waals surface area contributed by atoms with Crippen LogP contribution in [0.4, 0.5) is 0 Å². The average Bonchev–Trinajstić information content (AvgIpc) is 2.87. The molecule has 0 atom stereocenters. The van der Waals surface area contributed by atoms with Gasteiger partial charge in [-0.1, -0.05) is 27.7 Å². The highest BCUT2D eigenvalue weighted by Crippen LogP contribution is 2.31. The van der Waals surface area contributed by atoms with Crippen LogP contribution in [0.25, 0.3) is 21.9 Å². The van der Waals surface area contributed by atoms with Crippen molar-refractivity contribution in [3.8, 4) is 0 Å². The standard InChI is InChI=1S/C16H18O2/c1-9(2)13-5-11-7-16-12(8-15(11)17-13)6-14(18-16)10(3)4/h5-10H,1-4H3. The molecule has 0 aliphatic heterocycles. The van der Waals surface area contributed by atoms with E-state index in [1.54, 1.807) is 0 Å². The minimum atomic E-state index is 0.412. The lowest BCUT2D eigenvalue weighted by Gasteiger charge is -1.95. The van der Waals surface area contributed by atoms with Crippen molar-refractivity contribution in [2.45, 2.75) is 39.5 Å². The smallest absolute Gasteiger partial charge is 0.135 e. The predicted octanol–water partition coefficient (Wildman–Crippen LogP) is 5.43. The second-order valence-corrected chi connectivity index (χ2v) is 5.53. The molecule has 0 saturated heterocycles. The summed E-state index contributed by atoms with van der Waals surface area (Å²) in [6.45, 7) is 8.55. The van der Waals surface area contributed by atoms with Gasteiger partial charge < -0.3 is 8.83 Å². The van der Waals surface area contributed by atoms with E-state index in [1.807, 2.05) is 0 Å². The summed E-state index contributed by atoms with van der Waals surface area (Å²) < 4.78 is 11.7. The molecule has 0 N–H and O–H groups in total. The highest BCUT2D eigenvalue weighted by molar-refractivity contribution is 5.93. The summed E-state index contributed by atoms with van der Waals surface area (Å²) in [6.07, 6.45) is 0.